The summed E-state index contributed by atoms with van der Waals surface area (Å²) in [5.41, 5.74) is 0.724. The van der Waals surface area contributed by atoms with E-state index in [4.69, 9.17) is 27.6 Å². The largest absolute Gasteiger partial charge is 0.441 e. The lowest BCUT2D eigenvalue weighted by atomic mass is 10.2. The van der Waals surface area contributed by atoms with E-state index in [1.54, 1.807) is 35.7 Å². The van der Waals surface area contributed by atoms with Crippen LogP contribution in [0.3, 0.4) is 0 Å². The first-order valence-electron chi connectivity index (χ1n) is 7.31. The van der Waals surface area contributed by atoms with Crippen LogP contribution in [0.1, 0.15) is 17.2 Å². The molecule has 3 rings (SSSR count). The minimum Gasteiger partial charge on any atom is -0.441 e. The SMILES string of the molecule is O=C(CCc1ncc(-c2ccc(Cl)cc2Cl)o1)NCc1cccs1. The maximum atomic E-state index is 11.9. The van der Waals surface area contributed by atoms with E-state index in [0.29, 0.717) is 41.1 Å². The molecule has 3 aromatic rings. The third kappa shape index (κ3) is 4.38. The van der Waals surface area contributed by atoms with E-state index in [1.807, 2.05) is 17.5 Å². The van der Waals surface area contributed by atoms with Crippen LogP contribution in [0.4, 0.5) is 0 Å². The first-order chi connectivity index (χ1) is 11.6. The molecule has 124 valence electrons. The van der Waals surface area contributed by atoms with E-state index in [1.165, 1.54) is 0 Å². The van der Waals surface area contributed by atoms with Crippen LogP contribution < -0.4 is 5.32 Å². The Balaban J connectivity index is 1.55. The van der Waals surface area contributed by atoms with Crippen LogP contribution in [-0.4, -0.2) is 10.9 Å². The van der Waals surface area contributed by atoms with Gasteiger partial charge in [0.05, 0.1) is 17.8 Å². The van der Waals surface area contributed by atoms with Crippen LogP contribution in [0, 0.1) is 0 Å². The van der Waals surface area contributed by atoms with E-state index in [0.717, 1.165) is 10.4 Å². The van der Waals surface area contributed by atoms with Crippen molar-refractivity contribution in [3.8, 4) is 11.3 Å². The Kier molecular flexibility index (Phi) is 5.56. The van der Waals surface area contributed by atoms with Crippen LogP contribution in [0.5, 0.6) is 0 Å². The zero-order valence-electron chi connectivity index (χ0n) is 12.6. The van der Waals surface area contributed by atoms with Crippen LogP contribution in [0.15, 0.2) is 46.3 Å². The fourth-order valence-electron chi connectivity index (χ4n) is 2.15. The Morgan fingerprint density at radius 1 is 1.29 bits per heavy atom. The molecular formula is C17H14Cl2N2O2S. The van der Waals surface area contributed by atoms with Gasteiger partial charge in [-0.15, -0.1) is 11.3 Å². The highest BCUT2D eigenvalue weighted by Crippen LogP contribution is 2.30. The lowest BCUT2D eigenvalue weighted by molar-refractivity contribution is -0.121. The van der Waals surface area contributed by atoms with E-state index in [-0.39, 0.29) is 5.91 Å². The van der Waals surface area contributed by atoms with Gasteiger partial charge in [0, 0.05) is 28.3 Å². The molecule has 4 nitrogen and oxygen atoms in total. The zero-order chi connectivity index (χ0) is 16.9. The molecule has 0 saturated carbocycles. The molecule has 0 spiro atoms. The number of carbonyl (C=O) groups excluding carboxylic acids is 1. The number of nitrogens with zero attached hydrogens (tertiary/aromatic N) is 1. The van der Waals surface area contributed by atoms with Crippen molar-refractivity contribution in [3.63, 3.8) is 0 Å². The molecule has 0 bridgehead atoms. The second-order valence-corrected chi connectivity index (χ2v) is 6.97. The van der Waals surface area contributed by atoms with Gasteiger partial charge >= 0.3 is 0 Å². The molecule has 1 aromatic carbocycles. The van der Waals surface area contributed by atoms with Gasteiger partial charge in [0.1, 0.15) is 0 Å². The van der Waals surface area contributed by atoms with Gasteiger partial charge in [-0.1, -0.05) is 29.3 Å². The van der Waals surface area contributed by atoms with E-state index >= 15 is 0 Å². The summed E-state index contributed by atoms with van der Waals surface area (Å²) in [7, 11) is 0. The topological polar surface area (TPSA) is 55.1 Å². The molecule has 24 heavy (non-hydrogen) atoms. The zero-order valence-corrected chi connectivity index (χ0v) is 14.9. The standard InChI is InChI=1S/C17H14Cl2N2O2S/c18-11-3-4-13(14(19)8-11)15-10-21-17(23-15)6-5-16(22)20-9-12-2-1-7-24-12/h1-4,7-8,10H,5-6,9H2,(H,20,22). The summed E-state index contributed by atoms with van der Waals surface area (Å²) in [6.07, 6.45) is 2.36. The van der Waals surface area contributed by atoms with Gasteiger partial charge < -0.3 is 9.73 Å². The number of benzene rings is 1. The summed E-state index contributed by atoms with van der Waals surface area (Å²) in [5.74, 6) is 1.03. The van der Waals surface area contributed by atoms with Gasteiger partial charge in [-0.2, -0.15) is 0 Å². The Bertz CT molecular complexity index is 831. The molecule has 0 radical (unpaired) electrons. The molecule has 0 atom stereocenters. The predicted molar refractivity (Wildman–Crippen MR) is 96.4 cm³/mol. The molecule has 0 aliphatic rings. The second-order valence-electron chi connectivity index (χ2n) is 5.10. The fourth-order valence-corrected chi connectivity index (χ4v) is 3.29. The number of thiophene rings is 1. The first kappa shape index (κ1) is 17.0. The van der Waals surface area contributed by atoms with E-state index in [2.05, 4.69) is 10.3 Å². The summed E-state index contributed by atoms with van der Waals surface area (Å²) in [4.78, 5) is 17.2. The molecule has 7 heteroatoms. The van der Waals surface area contributed by atoms with Crippen LogP contribution in [0.25, 0.3) is 11.3 Å². The number of aromatic nitrogens is 1. The quantitative estimate of drug-likeness (QED) is 0.657. The van der Waals surface area contributed by atoms with Crippen molar-refractivity contribution in [1.82, 2.24) is 10.3 Å². The minimum absolute atomic E-state index is 0.0346. The third-order valence-corrected chi connectivity index (χ3v) is 4.78. The van der Waals surface area contributed by atoms with Crippen molar-refractivity contribution in [2.75, 3.05) is 0 Å². The van der Waals surface area contributed by atoms with Crippen LogP contribution >= 0.6 is 34.5 Å². The summed E-state index contributed by atoms with van der Waals surface area (Å²) < 4.78 is 5.67. The van der Waals surface area contributed by atoms with Crippen molar-refractivity contribution < 1.29 is 9.21 Å². The molecule has 0 unspecified atom stereocenters. The number of nitrogens with one attached hydrogen (secondary N) is 1. The van der Waals surface area contributed by atoms with Gasteiger partial charge in [-0.25, -0.2) is 4.98 Å². The van der Waals surface area contributed by atoms with Crippen LogP contribution in [-0.2, 0) is 17.8 Å². The average molecular weight is 381 g/mol. The molecule has 0 aliphatic carbocycles. The van der Waals surface area contributed by atoms with E-state index < -0.39 is 0 Å². The number of aryl methyl sites for hydroxylation is 1. The highest BCUT2D eigenvalue weighted by molar-refractivity contribution is 7.09. The molecular weight excluding hydrogens is 367 g/mol. The number of carbonyl (C=O) groups is 1. The summed E-state index contributed by atoms with van der Waals surface area (Å²) >= 11 is 13.7. The molecule has 0 aliphatic heterocycles. The summed E-state index contributed by atoms with van der Waals surface area (Å²) in [6.45, 7) is 0.549. The second kappa shape index (κ2) is 7.83. The van der Waals surface area contributed by atoms with Crippen molar-refractivity contribution in [3.05, 3.63) is 62.7 Å². The maximum Gasteiger partial charge on any atom is 0.220 e. The number of oxazole rings is 1. The van der Waals surface area contributed by atoms with Crippen molar-refractivity contribution in [1.29, 1.82) is 0 Å². The van der Waals surface area contributed by atoms with Gasteiger partial charge in [-0.3, -0.25) is 4.79 Å². The Morgan fingerprint density at radius 3 is 2.92 bits per heavy atom. The molecule has 2 heterocycles. The first-order valence-corrected chi connectivity index (χ1v) is 8.94. The molecule has 1 N–H and O–H groups in total. The highest BCUT2D eigenvalue weighted by atomic mass is 35.5. The smallest absolute Gasteiger partial charge is 0.220 e. The van der Waals surface area contributed by atoms with Crippen LogP contribution in [0.2, 0.25) is 10.0 Å². The van der Waals surface area contributed by atoms with Crippen molar-refractivity contribution >= 4 is 40.4 Å². The molecule has 1 amide bonds. The molecule has 0 fully saturated rings. The summed E-state index contributed by atoms with van der Waals surface area (Å²) in [6, 6.07) is 9.12. The molecule has 0 saturated heterocycles. The van der Waals surface area contributed by atoms with Gasteiger partial charge in [0.15, 0.2) is 11.7 Å². The molecule has 2 aromatic heterocycles. The number of rotatable bonds is 6. The number of amides is 1. The van der Waals surface area contributed by atoms with Crippen molar-refractivity contribution in [2.24, 2.45) is 0 Å². The monoisotopic (exact) mass is 380 g/mol. The normalized spacial score (nSPS) is 10.8. The lowest BCUT2D eigenvalue weighted by Gasteiger charge is -2.02. The van der Waals surface area contributed by atoms with E-state index in [9.17, 15) is 4.79 Å². The Morgan fingerprint density at radius 2 is 2.17 bits per heavy atom. The van der Waals surface area contributed by atoms with Gasteiger partial charge in [0.2, 0.25) is 5.91 Å². The number of hydrogen-bond donors (Lipinski definition) is 1. The van der Waals surface area contributed by atoms with Gasteiger partial charge in [0.25, 0.3) is 0 Å². The predicted octanol–water partition coefficient (Wildman–Crippen LogP) is 4.96. The van der Waals surface area contributed by atoms with Crippen molar-refractivity contribution in [2.45, 2.75) is 19.4 Å². The fraction of sp³-hybridized carbons (Fsp3) is 0.176. The van der Waals surface area contributed by atoms with Gasteiger partial charge in [-0.05, 0) is 29.6 Å². The third-order valence-electron chi connectivity index (χ3n) is 3.36. The lowest BCUT2D eigenvalue weighted by Crippen LogP contribution is -2.22. The maximum absolute atomic E-state index is 11.9. The Hall–Kier alpha value is -1.82. The average Bonchev–Trinajstić information content (AvgIpc) is 3.22. The highest BCUT2D eigenvalue weighted by Gasteiger charge is 2.12. The number of hydrogen-bond acceptors (Lipinski definition) is 4. The number of halogens is 2. The minimum atomic E-state index is -0.0346. The Labute approximate surface area is 153 Å². The summed E-state index contributed by atoms with van der Waals surface area (Å²) in [5, 5.41) is 5.92.